The number of pyridine rings is 1. The van der Waals surface area contributed by atoms with Crippen LogP contribution in [0.15, 0.2) is 39.2 Å². The van der Waals surface area contributed by atoms with Crippen LogP contribution in [-0.4, -0.2) is 9.97 Å². The molecule has 0 atom stereocenters. The van der Waals surface area contributed by atoms with E-state index in [2.05, 4.69) is 25.9 Å². The Balaban J connectivity index is 2.22. The third kappa shape index (κ3) is 1.86. The van der Waals surface area contributed by atoms with E-state index in [0.717, 1.165) is 15.7 Å². The quantitative estimate of drug-likeness (QED) is 0.698. The van der Waals surface area contributed by atoms with Crippen LogP contribution in [0.3, 0.4) is 0 Å². The molecule has 1 aromatic carbocycles. The highest BCUT2D eigenvalue weighted by Gasteiger charge is 2.12. The lowest BCUT2D eigenvalue weighted by Gasteiger charge is -2.00. The summed E-state index contributed by atoms with van der Waals surface area (Å²) in [5.74, 6) is 0.516. The molecule has 0 fully saturated rings. The number of halogens is 1. The number of hydrogen-bond acceptors (Lipinski definition) is 4. The van der Waals surface area contributed by atoms with Gasteiger partial charge in [0, 0.05) is 15.9 Å². The molecule has 2 heterocycles. The Morgan fingerprint density at radius 1 is 1.17 bits per heavy atom. The van der Waals surface area contributed by atoms with Gasteiger partial charge >= 0.3 is 0 Å². The fourth-order valence-electron chi connectivity index (χ4n) is 1.74. The summed E-state index contributed by atoms with van der Waals surface area (Å²) < 4.78 is 6.57. The lowest BCUT2D eigenvalue weighted by atomic mass is 10.2. The number of anilines is 1. The van der Waals surface area contributed by atoms with Crippen molar-refractivity contribution in [3.05, 3.63) is 40.5 Å². The molecule has 0 spiro atoms. The molecule has 5 heteroatoms. The molecule has 0 bridgehead atoms. The summed E-state index contributed by atoms with van der Waals surface area (Å²) in [6.45, 7) is 1.92. The van der Waals surface area contributed by atoms with Gasteiger partial charge in [0.15, 0.2) is 11.2 Å². The van der Waals surface area contributed by atoms with Crippen molar-refractivity contribution in [2.24, 2.45) is 0 Å². The predicted octanol–water partition coefficient (Wildman–Crippen LogP) is 3.54. The van der Waals surface area contributed by atoms with E-state index >= 15 is 0 Å². The largest absolute Gasteiger partial charge is 0.434 e. The van der Waals surface area contributed by atoms with Gasteiger partial charge in [0.05, 0.1) is 5.56 Å². The molecule has 0 saturated carbocycles. The number of nitrogens with two attached hydrogens (primary N) is 1. The lowest BCUT2D eigenvalue weighted by Crippen LogP contribution is -1.87. The maximum Gasteiger partial charge on any atom is 0.230 e. The first-order chi connectivity index (χ1) is 8.63. The van der Waals surface area contributed by atoms with E-state index in [-0.39, 0.29) is 0 Å². The number of nitrogens with zero attached hydrogens (tertiary/aromatic N) is 2. The topological polar surface area (TPSA) is 64.9 Å². The number of aromatic nitrogens is 2. The zero-order valence-electron chi connectivity index (χ0n) is 9.64. The average Bonchev–Trinajstić information content (AvgIpc) is 2.74. The molecule has 3 aromatic rings. The van der Waals surface area contributed by atoms with Crippen molar-refractivity contribution >= 4 is 32.8 Å². The monoisotopic (exact) mass is 303 g/mol. The van der Waals surface area contributed by atoms with Gasteiger partial charge in [-0.05, 0) is 53.2 Å². The Morgan fingerprint density at radius 2 is 2.00 bits per heavy atom. The van der Waals surface area contributed by atoms with E-state index in [1.807, 2.05) is 37.3 Å². The smallest absolute Gasteiger partial charge is 0.230 e. The number of fused-ring (bicyclic) bond motifs is 1. The maximum absolute atomic E-state index is 5.78. The first-order valence-corrected chi connectivity index (χ1v) is 6.22. The number of nitrogen functional groups attached to an aromatic ring is 1. The standard InChI is InChI=1S/C13H10BrN3O/c1-7-2-5-11-12(16-7)17-13(18-11)9-6-8(15)3-4-10(9)14/h2-6H,15H2,1H3. The van der Waals surface area contributed by atoms with Gasteiger partial charge in [-0.15, -0.1) is 0 Å². The SMILES string of the molecule is Cc1ccc2oc(-c3cc(N)ccc3Br)nc2n1. The molecule has 0 aliphatic carbocycles. The molecule has 18 heavy (non-hydrogen) atoms. The van der Waals surface area contributed by atoms with Crippen molar-refractivity contribution in [2.45, 2.75) is 6.92 Å². The van der Waals surface area contributed by atoms with E-state index in [1.165, 1.54) is 0 Å². The molecule has 0 unspecified atom stereocenters. The van der Waals surface area contributed by atoms with Crippen LogP contribution in [0, 0.1) is 6.92 Å². The van der Waals surface area contributed by atoms with Crippen molar-refractivity contribution < 1.29 is 4.42 Å². The minimum Gasteiger partial charge on any atom is -0.434 e. The van der Waals surface area contributed by atoms with Gasteiger partial charge in [-0.2, -0.15) is 4.98 Å². The molecule has 90 valence electrons. The highest BCUT2D eigenvalue weighted by Crippen LogP contribution is 2.31. The van der Waals surface area contributed by atoms with E-state index < -0.39 is 0 Å². The molecule has 0 saturated heterocycles. The Hall–Kier alpha value is -1.88. The highest BCUT2D eigenvalue weighted by atomic mass is 79.9. The average molecular weight is 304 g/mol. The van der Waals surface area contributed by atoms with Crippen LogP contribution < -0.4 is 5.73 Å². The van der Waals surface area contributed by atoms with Crippen LogP contribution in [0.5, 0.6) is 0 Å². The molecule has 0 radical (unpaired) electrons. The van der Waals surface area contributed by atoms with E-state index in [1.54, 1.807) is 0 Å². The number of oxazole rings is 1. The molecule has 4 nitrogen and oxygen atoms in total. The van der Waals surface area contributed by atoms with Crippen molar-refractivity contribution in [2.75, 3.05) is 5.73 Å². The first kappa shape index (κ1) is 11.2. The summed E-state index contributed by atoms with van der Waals surface area (Å²) in [5, 5.41) is 0. The van der Waals surface area contributed by atoms with E-state index in [0.29, 0.717) is 22.8 Å². The summed E-state index contributed by atoms with van der Waals surface area (Å²) in [6.07, 6.45) is 0. The molecule has 0 aliphatic rings. The van der Waals surface area contributed by atoms with Gasteiger partial charge < -0.3 is 10.2 Å². The summed E-state index contributed by atoms with van der Waals surface area (Å²) in [4.78, 5) is 8.70. The Bertz CT molecular complexity index is 736. The van der Waals surface area contributed by atoms with Crippen LogP contribution in [0.2, 0.25) is 0 Å². The molecule has 2 aromatic heterocycles. The second-order valence-corrected chi connectivity index (χ2v) is 4.89. The van der Waals surface area contributed by atoms with Crippen LogP contribution >= 0.6 is 15.9 Å². The van der Waals surface area contributed by atoms with Crippen molar-refractivity contribution in [3.8, 4) is 11.5 Å². The predicted molar refractivity (Wildman–Crippen MR) is 74.1 cm³/mol. The number of hydrogen-bond donors (Lipinski definition) is 1. The van der Waals surface area contributed by atoms with Crippen LogP contribution in [0.4, 0.5) is 5.69 Å². The second kappa shape index (κ2) is 4.10. The van der Waals surface area contributed by atoms with Gasteiger partial charge in [-0.1, -0.05) is 0 Å². The van der Waals surface area contributed by atoms with E-state index in [9.17, 15) is 0 Å². The molecular weight excluding hydrogens is 294 g/mol. The third-order valence-corrected chi connectivity index (χ3v) is 3.30. The Labute approximate surface area is 112 Å². The lowest BCUT2D eigenvalue weighted by molar-refractivity contribution is 0.619. The molecule has 2 N–H and O–H groups in total. The van der Waals surface area contributed by atoms with Crippen molar-refractivity contribution in [1.29, 1.82) is 0 Å². The Morgan fingerprint density at radius 3 is 2.83 bits per heavy atom. The highest BCUT2D eigenvalue weighted by molar-refractivity contribution is 9.10. The summed E-state index contributed by atoms with van der Waals surface area (Å²) in [6, 6.07) is 9.28. The normalized spacial score (nSPS) is 11.0. The van der Waals surface area contributed by atoms with E-state index in [4.69, 9.17) is 10.2 Å². The fourth-order valence-corrected chi connectivity index (χ4v) is 2.15. The summed E-state index contributed by atoms with van der Waals surface area (Å²) in [5.41, 5.74) is 9.46. The fraction of sp³-hybridized carbons (Fsp3) is 0.0769. The van der Waals surface area contributed by atoms with Crippen molar-refractivity contribution in [1.82, 2.24) is 9.97 Å². The molecular formula is C13H10BrN3O. The molecule has 3 rings (SSSR count). The van der Waals surface area contributed by atoms with Crippen LogP contribution in [0.25, 0.3) is 22.7 Å². The zero-order chi connectivity index (χ0) is 12.7. The number of benzene rings is 1. The van der Waals surface area contributed by atoms with Gasteiger partial charge in [-0.25, -0.2) is 4.98 Å². The molecule has 0 amide bonds. The number of rotatable bonds is 1. The maximum atomic E-state index is 5.78. The van der Waals surface area contributed by atoms with Gasteiger partial charge in [0.2, 0.25) is 5.89 Å². The zero-order valence-corrected chi connectivity index (χ0v) is 11.2. The van der Waals surface area contributed by atoms with Crippen molar-refractivity contribution in [3.63, 3.8) is 0 Å². The summed E-state index contributed by atoms with van der Waals surface area (Å²) in [7, 11) is 0. The van der Waals surface area contributed by atoms with Crippen LogP contribution in [-0.2, 0) is 0 Å². The number of aryl methyl sites for hydroxylation is 1. The van der Waals surface area contributed by atoms with Gasteiger partial charge in [0.25, 0.3) is 0 Å². The van der Waals surface area contributed by atoms with Gasteiger partial charge in [-0.3, -0.25) is 0 Å². The summed E-state index contributed by atoms with van der Waals surface area (Å²) >= 11 is 3.46. The minimum atomic E-state index is 0.516. The molecule has 0 aliphatic heterocycles. The third-order valence-electron chi connectivity index (χ3n) is 2.61. The van der Waals surface area contributed by atoms with Crippen LogP contribution in [0.1, 0.15) is 5.69 Å². The Kier molecular flexibility index (Phi) is 2.56. The van der Waals surface area contributed by atoms with Gasteiger partial charge in [0.1, 0.15) is 0 Å². The second-order valence-electron chi connectivity index (χ2n) is 4.03. The first-order valence-electron chi connectivity index (χ1n) is 5.43. The minimum absolute atomic E-state index is 0.516.